The topological polar surface area (TPSA) is 51.8 Å². The lowest BCUT2D eigenvalue weighted by Crippen LogP contribution is -2.50. The minimum absolute atomic E-state index is 0.141. The molecule has 31 heavy (non-hydrogen) atoms. The fraction of sp³-hybridized carbons (Fsp3) is 0.375. The Morgan fingerprint density at radius 1 is 1.10 bits per heavy atom. The monoisotopic (exact) mass is 422 g/mol. The van der Waals surface area contributed by atoms with Crippen molar-refractivity contribution in [3.05, 3.63) is 59.5 Å². The third-order valence-electron chi connectivity index (χ3n) is 6.45. The van der Waals surface area contributed by atoms with Crippen LogP contribution < -0.4 is 9.64 Å². The predicted molar refractivity (Wildman–Crippen MR) is 119 cm³/mol. The number of aromatic amines is 1. The SMILES string of the molecule is COc1ccccc1N1CCN(CC(=O)N2CCc3[nH]c4ccc(F)cc4c3C2)CC1. The number of hydrogen-bond acceptors (Lipinski definition) is 4. The van der Waals surface area contributed by atoms with E-state index in [1.807, 2.05) is 23.1 Å². The number of amides is 1. The van der Waals surface area contributed by atoms with Crippen molar-refractivity contribution in [2.24, 2.45) is 0 Å². The number of carbonyl (C=O) groups excluding carboxylic acids is 1. The van der Waals surface area contributed by atoms with Crippen molar-refractivity contribution >= 4 is 22.5 Å². The van der Waals surface area contributed by atoms with Gasteiger partial charge in [-0.3, -0.25) is 9.69 Å². The van der Waals surface area contributed by atoms with Crippen LogP contribution in [0.4, 0.5) is 10.1 Å². The molecule has 2 aromatic carbocycles. The number of rotatable bonds is 4. The average Bonchev–Trinajstić information content (AvgIpc) is 3.16. The summed E-state index contributed by atoms with van der Waals surface area (Å²) in [5.74, 6) is 0.777. The highest BCUT2D eigenvalue weighted by atomic mass is 19.1. The van der Waals surface area contributed by atoms with E-state index in [9.17, 15) is 9.18 Å². The number of carbonyl (C=O) groups is 1. The summed E-state index contributed by atoms with van der Waals surface area (Å²) in [6.45, 7) is 5.05. The van der Waals surface area contributed by atoms with Gasteiger partial charge >= 0.3 is 0 Å². The molecule has 0 unspecified atom stereocenters. The van der Waals surface area contributed by atoms with Crippen LogP contribution in [0.5, 0.6) is 5.75 Å². The Morgan fingerprint density at radius 3 is 2.71 bits per heavy atom. The smallest absolute Gasteiger partial charge is 0.237 e. The Labute approximate surface area is 181 Å². The normalized spacial score (nSPS) is 17.1. The van der Waals surface area contributed by atoms with Crippen molar-refractivity contribution in [1.82, 2.24) is 14.8 Å². The van der Waals surface area contributed by atoms with Gasteiger partial charge in [-0.25, -0.2) is 4.39 Å². The Bertz CT molecular complexity index is 1100. The van der Waals surface area contributed by atoms with E-state index in [1.165, 1.54) is 6.07 Å². The van der Waals surface area contributed by atoms with E-state index >= 15 is 0 Å². The number of aromatic nitrogens is 1. The zero-order chi connectivity index (χ0) is 21.4. The number of anilines is 1. The van der Waals surface area contributed by atoms with E-state index in [2.05, 4.69) is 20.9 Å². The molecule has 1 N–H and O–H groups in total. The van der Waals surface area contributed by atoms with Crippen LogP contribution in [0.1, 0.15) is 11.3 Å². The van der Waals surface area contributed by atoms with E-state index in [0.717, 1.165) is 66.2 Å². The molecule has 3 aromatic rings. The van der Waals surface area contributed by atoms with Crippen LogP contribution in [0, 0.1) is 5.82 Å². The highest BCUT2D eigenvalue weighted by molar-refractivity contribution is 5.86. The van der Waals surface area contributed by atoms with Crippen LogP contribution in [0.3, 0.4) is 0 Å². The standard InChI is InChI=1S/C24H27FN4O2/c1-31-23-5-3-2-4-22(23)28-12-10-27(11-13-28)16-24(30)29-9-8-21-19(15-29)18-14-17(25)6-7-20(18)26-21/h2-7,14,26H,8-13,15-16H2,1H3. The molecule has 1 amide bonds. The van der Waals surface area contributed by atoms with Gasteiger partial charge in [0, 0.05) is 67.8 Å². The summed E-state index contributed by atoms with van der Waals surface area (Å²) >= 11 is 0. The molecule has 0 bridgehead atoms. The summed E-state index contributed by atoms with van der Waals surface area (Å²) in [5, 5.41) is 0.887. The van der Waals surface area contributed by atoms with Gasteiger partial charge in [-0.15, -0.1) is 0 Å². The van der Waals surface area contributed by atoms with Crippen LogP contribution >= 0.6 is 0 Å². The second-order valence-electron chi connectivity index (χ2n) is 8.27. The van der Waals surface area contributed by atoms with Crippen LogP contribution in [0.2, 0.25) is 0 Å². The van der Waals surface area contributed by atoms with Crippen molar-refractivity contribution in [3.63, 3.8) is 0 Å². The third-order valence-corrected chi connectivity index (χ3v) is 6.45. The first-order chi connectivity index (χ1) is 15.1. The van der Waals surface area contributed by atoms with Crippen LogP contribution in [-0.2, 0) is 17.8 Å². The van der Waals surface area contributed by atoms with E-state index in [0.29, 0.717) is 19.6 Å². The Hall–Kier alpha value is -3.06. The first-order valence-electron chi connectivity index (χ1n) is 10.8. The summed E-state index contributed by atoms with van der Waals surface area (Å²) in [5.41, 5.74) is 4.21. The second kappa shape index (κ2) is 8.23. The minimum atomic E-state index is -0.245. The van der Waals surface area contributed by atoms with Gasteiger partial charge in [0.2, 0.25) is 5.91 Å². The predicted octanol–water partition coefficient (Wildman–Crippen LogP) is 3.02. The number of fused-ring (bicyclic) bond motifs is 3. The Morgan fingerprint density at radius 2 is 1.90 bits per heavy atom. The van der Waals surface area contributed by atoms with E-state index in [4.69, 9.17) is 4.74 Å². The Kier molecular flexibility index (Phi) is 5.28. The number of hydrogen-bond donors (Lipinski definition) is 1. The lowest BCUT2D eigenvalue weighted by Gasteiger charge is -2.37. The van der Waals surface area contributed by atoms with Crippen LogP contribution in [0.15, 0.2) is 42.5 Å². The van der Waals surface area contributed by atoms with Gasteiger partial charge in [-0.1, -0.05) is 12.1 Å². The van der Waals surface area contributed by atoms with E-state index in [1.54, 1.807) is 19.2 Å². The lowest BCUT2D eigenvalue weighted by molar-refractivity contribution is -0.133. The number of halogens is 1. The van der Waals surface area contributed by atoms with Crippen molar-refractivity contribution in [2.75, 3.05) is 51.3 Å². The van der Waals surface area contributed by atoms with Crippen LogP contribution in [0.25, 0.3) is 10.9 Å². The first kappa shape index (κ1) is 19.9. The molecule has 5 rings (SSSR count). The highest BCUT2D eigenvalue weighted by Crippen LogP contribution is 2.30. The number of para-hydroxylation sites is 2. The summed E-state index contributed by atoms with van der Waals surface area (Å²) in [6, 6.07) is 12.9. The maximum absolute atomic E-state index is 13.7. The van der Waals surface area contributed by atoms with E-state index < -0.39 is 0 Å². The highest BCUT2D eigenvalue weighted by Gasteiger charge is 2.27. The lowest BCUT2D eigenvalue weighted by atomic mass is 10.0. The second-order valence-corrected chi connectivity index (χ2v) is 8.27. The van der Waals surface area contributed by atoms with Crippen molar-refractivity contribution < 1.29 is 13.9 Å². The molecule has 0 atom stereocenters. The van der Waals surface area contributed by atoms with Crippen molar-refractivity contribution in [1.29, 1.82) is 0 Å². The largest absolute Gasteiger partial charge is 0.495 e. The van der Waals surface area contributed by atoms with Crippen LogP contribution in [-0.4, -0.2) is 67.1 Å². The van der Waals surface area contributed by atoms with Gasteiger partial charge in [0.1, 0.15) is 11.6 Å². The molecule has 2 aliphatic heterocycles. The van der Waals surface area contributed by atoms with Crippen molar-refractivity contribution in [3.8, 4) is 5.75 Å². The molecule has 0 radical (unpaired) electrons. The number of nitrogens with zero attached hydrogens (tertiary/aromatic N) is 3. The Balaban J connectivity index is 1.21. The molecule has 0 spiro atoms. The molecular formula is C24H27FN4O2. The number of ether oxygens (including phenoxy) is 1. The molecule has 0 saturated carbocycles. The molecule has 7 heteroatoms. The van der Waals surface area contributed by atoms with Gasteiger partial charge in [-0.2, -0.15) is 0 Å². The van der Waals surface area contributed by atoms with Gasteiger partial charge in [0.05, 0.1) is 19.3 Å². The minimum Gasteiger partial charge on any atom is -0.495 e. The molecule has 2 aliphatic rings. The molecule has 0 aliphatic carbocycles. The molecule has 6 nitrogen and oxygen atoms in total. The average molecular weight is 423 g/mol. The maximum Gasteiger partial charge on any atom is 0.237 e. The summed E-state index contributed by atoms with van der Waals surface area (Å²) in [7, 11) is 1.69. The van der Waals surface area contributed by atoms with Gasteiger partial charge in [0.25, 0.3) is 0 Å². The fourth-order valence-corrected chi connectivity index (χ4v) is 4.73. The van der Waals surface area contributed by atoms with Crippen molar-refractivity contribution in [2.45, 2.75) is 13.0 Å². The maximum atomic E-state index is 13.7. The van der Waals surface area contributed by atoms with Gasteiger partial charge in [0.15, 0.2) is 0 Å². The number of nitrogens with one attached hydrogen (secondary N) is 1. The molecule has 1 aromatic heterocycles. The third kappa shape index (κ3) is 3.85. The summed E-state index contributed by atoms with van der Waals surface area (Å²) in [6.07, 6.45) is 0.777. The fourth-order valence-electron chi connectivity index (χ4n) is 4.73. The molecule has 1 saturated heterocycles. The zero-order valence-electron chi connectivity index (χ0n) is 17.7. The molecule has 162 valence electrons. The molecule has 3 heterocycles. The number of piperazine rings is 1. The quantitative estimate of drug-likeness (QED) is 0.702. The summed E-state index contributed by atoms with van der Waals surface area (Å²) < 4.78 is 19.2. The van der Waals surface area contributed by atoms with Gasteiger partial charge in [-0.05, 0) is 30.3 Å². The van der Waals surface area contributed by atoms with E-state index in [-0.39, 0.29) is 11.7 Å². The zero-order valence-corrected chi connectivity index (χ0v) is 17.7. The molecule has 1 fully saturated rings. The number of benzene rings is 2. The number of H-pyrrole nitrogens is 1. The van der Waals surface area contributed by atoms with Gasteiger partial charge < -0.3 is 19.5 Å². The number of methoxy groups -OCH3 is 1. The molecular weight excluding hydrogens is 395 g/mol. The summed E-state index contributed by atoms with van der Waals surface area (Å²) in [4.78, 5) is 22.8. The first-order valence-corrected chi connectivity index (χ1v) is 10.8.